The van der Waals surface area contributed by atoms with Gasteiger partial charge in [0.05, 0.1) is 0 Å². The van der Waals surface area contributed by atoms with Crippen molar-refractivity contribution < 1.29 is 0 Å². The lowest BCUT2D eigenvalue weighted by atomic mass is 10.2. The Morgan fingerprint density at radius 1 is 1.50 bits per heavy atom. The molecule has 88 valence electrons. The maximum atomic E-state index is 4.60. The van der Waals surface area contributed by atoms with Crippen LogP contribution < -0.4 is 10.2 Å². The smallest absolute Gasteiger partial charge is 0.132 e. The maximum absolute atomic E-state index is 4.60. The van der Waals surface area contributed by atoms with Crippen LogP contribution in [0.15, 0.2) is 6.07 Å². The maximum Gasteiger partial charge on any atom is 0.132 e. The van der Waals surface area contributed by atoms with Gasteiger partial charge in [-0.3, -0.25) is 0 Å². The van der Waals surface area contributed by atoms with Gasteiger partial charge in [0.2, 0.25) is 0 Å². The highest BCUT2D eigenvalue weighted by atomic mass is 15.2. The van der Waals surface area contributed by atoms with E-state index in [9.17, 15) is 0 Å². The largest absolute Gasteiger partial charge is 0.354 e. The predicted molar refractivity (Wildman–Crippen MR) is 65.8 cm³/mol. The van der Waals surface area contributed by atoms with Crippen molar-refractivity contribution in [3.63, 3.8) is 0 Å². The molecule has 0 aliphatic carbocycles. The second-order valence-corrected chi connectivity index (χ2v) is 4.44. The van der Waals surface area contributed by atoms with Crippen molar-refractivity contribution in [1.82, 2.24) is 15.3 Å². The summed E-state index contributed by atoms with van der Waals surface area (Å²) in [5.74, 6) is 2.03. The molecule has 0 spiro atoms. The molecule has 0 saturated carbocycles. The molecule has 1 aliphatic heterocycles. The van der Waals surface area contributed by atoms with Gasteiger partial charge in [-0.2, -0.15) is 0 Å². The van der Waals surface area contributed by atoms with E-state index in [0.29, 0.717) is 6.04 Å². The van der Waals surface area contributed by atoms with Crippen LogP contribution in [-0.4, -0.2) is 35.6 Å². The van der Waals surface area contributed by atoms with Crippen LogP contribution in [0.1, 0.15) is 25.4 Å². The van der Waals surface area contributed by atoms with Crippen molar-refractivity contribution in [2.24, 2.45) is 0 Å². The molecular weight excluding hydrogens is 200 g/mol. The van der Waals surface area contributed by atoms with Gasteiger partial charge in [0.25, 0.3) is 0 Å². The Balaban J connectivity index is 2.21. The zero-order chi connectivity index (χ0) is 11.5. The summed E-state index contributed by atoms with van der Waals surface area (Å²) in [6.45, 7) is 9.44. The van der Waals surface area contributed by atoms with E-state index in [-0.39, 0.29) is 0 Å². The fraction of sp³-hybridized carbons (Fsp3) is 0.667. The molecule has 0 amide bonds. The molecular formula is C12H20N4. The van der Waals surface area contributed by atoms with Crippen molar-refractivity contribution in [2.45, 2.75) is 33.2 Å². The Hall–Kier alpha value is -1.16. The SMILES string of the molecule is CCc1nc(C)cc(N2CCNC(C)C2)n1. The number of anilines is 1. The molecule has 1 aromatic heterocycles. The van der Waals surface area contributed by atoms with Crippen LogP contribution >= 0.6 is 0 Å². The normalized spacial score (nSPS) is 21.2. The highest BCUT2D eigenvalue weighted by molar-refractivity contribution is 5.40. The first-order chi connectivity index (χ1) is 7.69. The lowest BCUT2D eigenvalue weighted by Gasteiger charge is -2.33. The van der Waals surface area contributed by atoms with Crippen LogP contribution in [0.25, 0.3) is 0 Å². The third-order valence-corrected chi connectivity index (χ3v) is 2.90. The van der Waals surface area contributed by atoms with Gasteiger partial charge in [-0.1, -0.05) is 6.92 Å². The Bertz CT molecular complexity index is 364. The van der Waals surface area contributed by atoms with Crippen LogP contribution in [0, 0.1) is 6.92 Å². The summed E-state index contributed by atoms with van der Waals surface area (Å²) >= 11 is 0. The molecule has 1 atom stereocenters. The second-order valence-electron chi connectivity index (χ2n) is 4.44. The molecule has 1 saturated heterocycles. The Morgan fingerprint density at radius 3 is 3.00 bits per heavy atom. The van der Waals surface area contributed by atoms with Gasteiger partial charge in [0.1, 0.15) is 11.6 Å². The van der Waals surface area contributed by atoms with Crippen LogP contribution in [-0.2, 0) is 6.42 Å². The number of nitrogens with one attached hydrogen (secondary N) is 1. The zero-order valence-electron chi connectivity index (χ0n) is 10.3. The summed E-state index contributed by atoms with van der Waals surface area (Å²) < 4.78 is 0. The number of piperazine rings is 1. The highest BCUT2D eigenvalue weighted by Crippen LogP contribution is 2.14. The Labute approximate surface area is 97.1 Å². The Morgan fingerprint density at radius 2 is 2.31 bits per heavy atom. The second kappa shape index (κ2) is 4.78. The molecule has 4 nitrogen and oxygen atoms in total. The minimum absolute atomic E-state index is 0.536. The number of aryl methyl sites for hydroxylation is 2. The first-order valence-electron chi connectivity index (χ1n) is 6.02. The van der Waals surface area contributed by atoms with Crippen molar-refractivity contribution in [3.05, 3.63) is 17.6 Å². The van der Waals surface area contributed by atoms with Crippen LogP contribution in [0.4, 0.5) is 5.82 Å². The van der Waals surface area contributed by atoms with Gasteiger partial charge >= 0.3 is 0 Å². The summed E-state index contributed by atoms with van der Waals surface area (Å²) in [7, 11) is 0. The predicted octanol–water partition coefficient (Wildman–Crippen LogP) is 1.15. The van der Waals surface area contributed by atoms with Crippen molar-refractivity contribution in [2.75, 3.05) is 24.5 Å². The highest BCUT2D eigenvalue weighted by Gasteiger charge is 2.17. The van der Waals surface area contributed by atoms with E-state index in [4.69, 9.17) is 0 Å². The molecule has 1 fully saturated rings. The number of hydrogen-bond acceptors (Lipinski definition) is 4. The summed E-state index contributed by atoms with van der Waals surface area (Å²) in [6, 6.07) is 2.62. The van der Waals surface area contributed by atoms with Gasteiger partial charge < -0.3 is 10.2 Å². The van der Waals surface area contributed by atoms with Gasteiger partial charge in [-0.15, -0.1) is 0 Å². The number of nitrogens with zero attached hydrogens (tertiary/aromatic N) is 3. The van der Waals surface area contributed by atoms with E-state index in [1.807, 2.05) is 6.92 Å². The average Bonchev–Trinajstić information content (AvgIpc) is 2.28. The zero-order valence-corrected chi connectivity index (χ0v) is 10.3. The summed E-state index contributed by atoms with van der Waals surface area (Å²) in [5.41, 5.74) is 1.06. The fourth-order valence-corrected chi connectivity index (χ4v) is 2.07. The number of rotatable bonds is 2. The minimum atomic E-state index is 0.536. The van der Waals surface area contributed by atoms with Gasteiger partial charge in [0.15, 0.2) is 0 Å². The number of aromatic nitrogens is 2. The summed E-state index contributed by atoms with van der Waals surface area (Å²) in [5, 5.41) is 3.44. The van der Waals surface area contributed by atoms with E-state index >= 15 is 0 Å². The van der Waals surface area contributed by atoms with E-state index < -0.39 is 0 Å². The summed E-state index contributed by atoms with van der Waals surface area (Å²) in [4.78, 5) is 11.4. The molecule has 1 aromatic rings. The van der Waals surface area contributed by atoms with Crippen molar-refractivity contribution in [3.8, 4) is 0 Å². The van der Waals surface area contributed by atoms with Crippen molar-refractivity contribution in [1.29, 1.82) is 0 Å². The van der Waals surface area contributed by atoms with Gasteiger partial charge in [0, 0.05) is 43.9 Å². The molecule has 0 bridgehead atoms. The topological polar surface area (TPSA) is 41.1 Å². The standard InChI is InChI=1S/C12H20N4/c1-4-11-14-9(2)7-12(15-11)16-6-5-13-10(3)8-16/h7,10,13H,4-6,8H2,1-3H3. The lowest BCUT2D eigenvalue weighted by molar-refractivity contribution is 0.481. The third-order valence-electron chi connectivity index (χ3n) is 2.90. The molecule has 16 heavy (non-hydrogen) atoms. The molecule has 0 radical (unpaired) electrons. The first kappa shape index (κ1) is 11.3. The molecule has 2 heterocycles. The molecule has 1 unspecified atom stereocenters. The van der Waals surface area contributed by atoms with E-state index in [0.717, 1.165) is 43.4 Å². The molecule has 1 N–H and O–H groups in total. The fourth-order valence-electron chi connectivity index (χ4n) is 2.07. The lowest BCUT2D eigenvalue weighted by Crippen LogP contribution is -2.49. The van der Waals surface area contributed by atoms with Gasteiger partial charge in [-0.05, 0) is 13.8 Å². The third kappa shape index (κ3) is 2.50. The monoisotopic (exact) mass is 220 g/mol. The summed E-state index contributed by atoms with van der Waals surface area (Å²) in [6.07, 6.45) is 0.899. The molecule has 0 aromatic carbocycles. The molecule has 1 aliphatic rings. The van der Waals surface area contributed by atoms with Crippen LogP contribution in [0.2, 0.25) is 0 Å². The quantitative estimate of drug-likeness (QED) is 0.811. The number of hydrogen-bond donors (Lipinski definition) is 1. The molecule has 2 rings (SSSR count). The molecule has 4 heteroatoms. The minimum Gasteiger partial charge on any atom is -0.354 e. The Kier molecular flexibility index (Phi) is 3.39. The van der Waals surface area contributed by atoms with E-state index in [2.05, 4.69) is 40.1 Å². The van der Waals surface area contributed by atoms with E-state index in [1.54, 1.807) is 0 Å². The first-order valence-corrected chi connectivity index (χ1v) is 6.02. The van der Waals surface area contributed by atoms with Gasteiger partial charge in [-0.25, -0.2) is 9.97 Å². The van der Waals surface area contributed by atoms with Crippen LogP contribution in [0.3, 0.4) is 0 Å². The van der Waals surface area contributed by atoms with Crippen molar-refractivity contribution >= 4 is 5.82 Å². The van der Waals surface area contributed by atoms with Crippen LogP contribution in [0.5, 0.6) is 0 Å². The van der Waals surface area contributed by atoms with E-state index in [1.165, 1.54) is 0 Å². The average molecular weight is 220 g/mol.